The van der Waals surface area contributed by atoms with E-state index in [-0.39, 0.29) is 12.4 Å². The molecule has 1 unspecified atom stereocenters. The normalized spacial score (nSPS) is 18.6. The van der Waals surface area contributed by atoms with E-state index in [2.05, 4.69) is 25.6 Å². The third-order valence-electron chi connectivity index (χ3n) is 3.05. The quantitative estimate of drug-likeness (QED) is 0.912. The van der Waals surface area contributed by atoms with E-state index < -0.39 is 0 Å². The van der Waals surface area contributed by atoms with Crippen LogP contribution in [0.1, 0.15) is 24.5 Å². The van der Waals surface area contributed by atoms with Gasteiger partial charge in [-0.05, 0) is 19.4 Å². The van der Waals surface area contributed by atoms with Gasteiger partial charge in [0.25, 0.3) is 0 Å². The molecule has 1 saturated heterocycles. The van der Waals surface area contributed by atoms with E-state index in [1.54, 1.807) is 23.7 Å². The summed E-state index contributed by atoms with van der Waals surface area (Å²) in [6, 6.07) is 0. The van der Waals surface area contributed by atoms with Crippen LogP contribution in [0.2, 0.25) is 0 Å². The summed E-state index contributed by atoms with van der Waals surface area (Å²) in [6.45, 7) is 2.13. The molecule has 7 heteroatoms. The Morgan fingerprint density at radius 2 is 2.21 bits per heavy atom. The van der Waals surface area contributed by atoms with Crippen molar-refractivity contribution in [2.24, 2.45) is 0 Å². The maximum atomic E-state index is 4.49. The van der Waals surface area contributed by atoms with Gasteiger partial charge in [-0.15, -0.1) is 23.7 Å². The molecule has 2 aromatic rings. The highest BCUT2D eigenvalue weighted by Crippen LogP contribution is 2.22. The van der Waals surface area contributed by atoms with Crippen molar-refractivity contribution >= 4 is 34.7 Å². The van der Waals surface area contributed by atoms with Crippen LogP contribution in [0.25, 0.3) is 0 Å². The van der Waals surface area contributed by atoms with Crippen LogP contribution in [-0.2, 0) is 0 Å². The minimum absolute atomic E-state index is 0. The van der Waals surface area contributed by atoms with Crippen LogP contribution in [0.15, 0.2) is 24.0 Å². The van der Waals surface area contributed by atoms with E-state index >= 15 is 0 Å². The Bertz CT molecular complexity index is 481. The van der Waals surface area contributed by atoms with E-state index in [1.165, 1.54) is 12.8 Å². The predicted octanol–water partition coefficient (Wildman–Crippen LogP) is 2.57. The van der Waals surface area contributed by atoms with Gasteiger partial charge in [-0.3, -0.25) is 4.98 Å². The fourth-order valence-electron chi connectivity index (χ4n) is 2.11. The lowest BCUT2D eigenvalue weighted by atomic mass is 9.97. The zero-order chi connectivity index (χ0) is 12.2. The molecule has 19 heavy (non-hydrogen) atoms. The molecule has 3 heterocycles. The lowest BCUT2D eigenvalue weighted by molar-refractivity contribution is 0.454. The number of aromatic nitrogens is 3. The molecule has 0 radical (unpaired) electrons. The highest BCUT2D eigenvalue weighted by Gasteiger charge is 2.16. The smallest absolute Gasteiger partial charge is 0.188 e. The van der Waals surface area contributed by atoms with Crippen molar-refractivity contribution in [1.82, 2.24) is 20.3 Å². The molecular formula is C12H16ClN5S. The molecule has 0 bridgehead atoms. The lowest BCUT2D eigenvalue weighted by Gasteiger charge is -2.21. The molecule has 0 amide bonds. The molecule has 1 aliphatic rings. The van der Waals surface area contributed by atoms with E-state index in [0.717, 1.165) is 29.7 Å². The molecule has 102 valence electrons. The first-order chi connectivity index (χ1) is 8.92. The number of nitrogens with one attached hydrogen (secondary N) is 2. The molecule has 3 rings (SSSR count). The maximum Gasteiger partial charge on any atom is 0.188 e. The van der Waals surface area contributed by atoms with Gasteiger partial charge < -0.3 is 10.6 Å². The monoisotopic (exact) mass is 297 g/mol. The Balaban J connectivity index is 0.00000133. The fourth-order valence-corrected chi connectivity index (χ4v) is 2.65. The number of anilines is 2. The van der Waals surface area contributed by atoms with Gasteiger partial charge in [0.15, 0.2) is 10.9 Å². The van der Waals surface area contributed by atoms with Crippen molar-refractivity contribution in [3.8, 4) is 0 Å². The molecule has 2 aromatic heterocycles. The van der Waals surface area contributed by atoms with Crippen molar-refractivity contribution < 1.29 is 0 Å². The van der Waals surface area contributed by atoms with E-state index in [0.29, 0.717) is 5.92 Å². The topological polar surface area (TPSA) is 62.7 Å². The van der Waals surface area contributed by atoms with Crippen LogP contribution in [-0.4, -0.2) is 28.0 Å². The summed E-state index contributed by atoms with van der Waals surface area (Å²) >= 11 is 1.55. The van der Waals surface area contributed by atoms with Crippen molar-refractivity contribution in [1.29, 1.82) is 0 Å². The second kappa shape index (κ2) is 6.79. The average molecular weight is 298 g/mol. The third-order valence-corrected chi connectivity index (χ3v) is 3.74. The molecule has 0 spiro atoms. The number of halogens is 1. The molecule has 1 fully saturated rings. The Kier molecular flexibility index (Phi) is 5.07. The minimum Gasteiger partial charge on any atom is -0.316 e. The van der Waals surface area contributed by atoms with Gasteiger partial charge in [0.1, 0.15) is 0 Å². The van der Waals surface area contributed by atoms with Gasteiger partial charge in [0.2, 0.25) is 0 Å². The van der Waals surface area contributed by atoms with Crippen molar-refractivity contribution in [3.63, 3.8) is 0 Å². The molecule has 1 atom stereocenters. The van der Waals surface area contributed by atoms with Crippen LogP contribution in [0.4, 0.5) is 10.9 Å². The van der Waals surface area contributed by atoms with E-state index in [4.69, 9.17) is 0 Å². The summed E-state index contributed by atoms with van der Waals surface area (Å²) in [4.78, 5) is 13.0. The zero-order valence-electron chi connectivity index (χ0n) is 10.4. The average Bonchev–Trinajstić information content (AvgIpc) is 2.94. The van der Waals surface area contributed by atoms with Crippen molar-refractivity contribution in [2.45, 2.75) is 18.8 Å². The maximum absolute atomic E-state index is 4.49. The highest BCUT2D eigenvalue weighted by molar-refractivity contribution is 7.13. The van der Waals surface area contributed by atoms with Crippen LogP contribution in [0.3, 0.4) is 0 Å². The van der Waals surface area contributed by atoms with Gasteiger partial charge in [0, 0.05) is 24.0 Å². The Morgan fingerprint density at radius 1 is 1.26 bits per heavy atom. The fraction of sp³-hybridized carbons (Fsp3) is 0.417. The summed E-state index contributed by atoms with van der Waals surface area (Å²) in [6.07, 6.45) is 7.83. The standard InChI is InChI=1S/C12H15N5S.ClH/c1-2-9(6-13-3-1)10-7-16-11(8-15-10)17-12-14-4-5-18-12;/h4-5,7-9,13H,1-3,6H2,(H,14,16,17);1H. The number of piperidine rings is 1. The number of nitrogens with zero attached hydrogens (tertiary/aromatic N) is 3. The molecule has 0 aliphatic carbocycles. The van der Waals surface area contributed by atoms with Crippen LogP contribution in [0, 0.1) is 0 Å². The number of hydrogen-bond acceptors (Lipinski definition) is 6. The summed E-state index contributed by atoms with van der Waals surface area (Å²) in [5.74, 6) is 1.25. The first-order valence-corrected chi connectivity index (χ1v) is 6.99. The van der Waals surface area contributed by atoms with Crippen LogP contribution >= 0.6 is 23.7 Å². The van der Waals surface area contributed by atoms with Gasteiger partial charge in [-0.2, -0.15) is 0 Å². The first-order valence-electron chi connectivity index (χ1n) is 6.11. The third kappa shape index (κ3) is 3.62. The highest BCUT2D eigenvalue weighted by atomic mass is 35.5. The van der Waals surface area contributed by atoms with Gasteiger partial charge >= 0.3 is 0 Å². The number of thiazole rings is 1. The van der Waals surface area contributed by atoms with Crippen LogP contribution in [0.5, 0.6) is 0 Å². The molecular weight excluding hydrogens is 282 g/mol. The van der Waals surface area contributed by atoms with Gasteiger partial charge in [0.05, 0.1) is 18.1 Å². The van der Waals surface area contributed by atoms with Crippen molar-refractivity contribution in [2.75, 3.05) is 18.4 Å². The summed E-state index contributed by atoms with van der Waals surface area (Å²) in [7, 11) is 0. The predicted molar refractivity (Wildman–Crippen MR) is 79.5 cm³/mol. The summed E-state index contributed by atoms with van der Waals surface area (Å²) < 4.78 is 0. The number of hydrogen-bond donors (Lipinski definition) is 2. The Labute approximate surface area is 122 Å². The SMILES string of the molecule is Cl.c1csc(Nc2cnc(C3CCCNC3)cn2)n1. The molecule has 2 N–H and O–H groups in total. The van der Waals surface area contributed by atoms with E-state index in [1.807, 2.05) is 11.6 Å². The molecule has 5 nitrogen and oxygen atoms in total. The summed E-state index contributed by atoms with van der Waals surface area (Å²) in [5, 5.41) is 9.30. The molecule has 0 saturated carbocycles. The van der Waals surface area contributed by atoms with Gasteiger partial charge in [-0.1, -0.05) is 0 Å². The first kappa shape index (κ1) is 14.2. The summed E-state index contributed by atoms with van der Waals surface area (Å²) in [5.41, 5.74) is 1.08. The van der Waals surface area contributed by atoms with Crippen LogP contribution < -0.4 is 10.6 Å². The molecule has 0 aromatic carbocycles. The Hall–Kier alpha value is -1.24. The van der Waals surface area contributed by atoms with Crippen molar-refractivity contribution in [3.05, 3.63) is 29.7 Å². The molecule has 1 aliphatic heterocycles. The van der Waals surface area contributed by atoms with E-state index in [9.17, 15) is 0 Å². The lowest BCUT2D eigenvalue weighted by Crippen LogP contribution is -2.28. The van der Waals surface area contributed by atoms with Gasteiger partial charge in [-0.25, -0.2) is 9.97 Å². The second-order valence-electron chi connectivity index (χ2n) is 4.33. The largest absolute Gasteiger partial charge is 0.316 e. The Morgan fingerprint density at radius 3 is 2.84 bits per heavy atom. The zero-order valence-corrected chi connectivity index (χ0v) is 12.0. The number of rotatable bonds is 3. The second-order valence-corrected chi connectivity index (χ2v) is 5.23. The minimum atomic E-state index is 0.